The zero-order valence-corrected chi connectivity index (χ0v) is 11.0. The van der Waals surface area contributed by atoms with Crippen molar-refractivity contribution in [3.63, 3.8) is 0 Å². The van der Waals surface area contributed by atoms with Crippen LogP contribution in [0.1, 0.15) is 5.01 Å². The smallest absolute Gasteiger partial charge is 0.128 e. The number of hydrogen-bond donors (Lipinski definition) is 2. The van der Waals surface area contributed by atoms with Gasteiger partial charge in [-0.2, -0.15) is 0 Å². The van der Waals surface area contributed by atoms with Crippen molar-refractivity contribution >= 4 is 11.3 Å². The van der Waals surface area contributed by atoms with E-state index >= 15 is 0 Å². The lowest BCUT2D eigenvalue weighted by molar-refractivity contribution is 0.265. The van der Waals surface area contributed by atoms with Crippen LogP contribution < -0.4 is 10.5 Å². The fourth-order valence-electron chi connectivity index (χ4n) is 1.67. The molecule has 1 heterocycles. The molecule has 1 aromatic heterocycles. The molecule has 1 aromatic carbocycles. The molecular weight excluding hydrogens is 248 g/mol. The van der Waals surface area contributed by atoms with Gasteiger partial charge in [0.1, 0.15) is 5.75 Å². The molecule has 0 saturated carbocycles. The van der Waals surface area contributed by atoms with E-state index < -0.39 is 0 Å². The van der Waals surface area contributed by atoms with Crippen LogP contribution in [0.3, 0.4) is 0 Å². The van der Waals surface area contributed by atoms with Crippen LogP contribution in [-0.4, -0.2) is 29.8 Å². The standard InChI is InChI=1S/C13H16N2O2S/c1-17-12-5-3-2-4-10(12)11-8-18-13(15-11)6-9(14)7-16/h2-5,8-9,16H,6-7,14H2,1H3. The monoisotopic (exact) mass is 264 g/mol. The quantitative estimate of drug-likeness (QED) is 0.862. The minimum Gasteiger partial charge on any atom is -0.496 e. The lowest BCUT2D eigenvalue weighted by Gasteiger charge is -2.05. The van der Waals surface area contributed by atoms with Crippen molar-refractivity contribution in [2.45, 2.75) is 12.5 Å². The molecule has 96 valence electrons. The van der Waals surface area contributed by atoms with Gasteiger partial charge in [0.2, 0.25) is 0 Å². The highest BCUT2D eigenvalue weighted by Crippen LogP contribution is 2.30. The number of thiazole rings is 1. The number of ether oxygens (including phenoxy) is 1. The normalized spacial score (nSPS) is 12.4. The number of benzene rings is 1. The van der Waals surface area contributed by atoms with Gasteiger partial charge in [-0.1, -0.05) is 12.1 Å². The Morgan fingerprint density at radius 1 is 1.44 bits per heavy atom. The van der Waals surface area contributed by atoms with Gasteiger partial charge < -0.3 is 15.6 Å². The van der Waals surface area contributed by atoms with E-state index in [1.54, 1.807) is 18.4 Å². The molecule has 0 radical (unpaired) electrons. The van der Waals surface area contributed by atoms with Crippen LogP contribution in [0, 0.1) is 0 Å². The van der Waals surface area contributed by atoms with Crippen molar-refractivity contribution in [2.24, 2.45) is 5.73 Å². The van der Waals surface area contributed by atoms with E-state index in [0.717, 1.165) is 22.0 Å². The van der Waals surface area contributed by atoms with Crippen LogP contribution in [-0.2, 0) is 6.42 Å². The van der Waals surface area contributed by atoms with Crippen LogP contribution in [0.5, 0.6) is 5.75 Å². The van der Waals surface area contributed by atoms with Crippen LogP contribution in [0.4, 0.5) is 0 Å². The molecule has 0 aliphatic carbocycles. The Morgan fingerprint density at radius 2 is 2.22 bits per heavy atom. The van der Waals surface area contributed by atoms with E-state index in [1.807, 2.05) is 29.6 Å². The zero-order valence-electron chi connectivity index (χ0n) is 10.2. The maximum absolute atomic E-state index is 8.93. The van der Waals surface area contributed by atoms with E-state index in [-0.39, 0.29) is 12.6 Å². The summed E-state index contributed by atoms with van der Waals surface area (Å²) in [5.41, 5.74) is 7.56. The molecule has 5 heteroatoms. The highest BCUT2D eigenvalue weighted by atomic mass is 32.1. The van der Waals surface area contributed by atoms with Gasteiger partial charge in [0.05, 0.1) is 24.4 Å². The van der Waals surface area contributed by atoms with Crippen molar-refractivity contribution < 1.29 is 9.84 Å². The van der Waals surface area contributed by atoms with E-state index in [4.69, 9.17) is 15.6 Å². The summed E-state index contributed by atoms with van der Waals surface area (Å²) in [6.07, 6.45) is 0.594. The van der Waals surface area contributed by atoms with Gasteiger partial charge in [-0.3, -0.25) is 0 Å². The minimum atomic E-state index is -0.248. The molecule has 0 saturated heterocycles. The molecule has 4 nitrogen and oxygen atoms in total. The zero-order chi connectivity index (χ0) is 13.0. The van der Waals surface area contributed by atoms with Crippen LogP contribution >= 0.6 is 11.3 Å². The van der Waals surface area contributed by atoms with E-state index in [9.17, 15) is 0 Å². The Morgan fingerprint density at radius 3 is 2.94 bits per heavy atom. The molecule has 0 spiro atoms. The maximum atomic E-state index is 8.93. The number of methoxy groups -OCH3 is 1. The topological polar surface area (TPSA) is 68.4 Å². The van der Waals surface area contributed by atoms with Crippen LogP contribution in [0.2, 0.25) is 0 Å². The summed E-state index contributed by atoms with van der Waals surface area (Å²) in [5, 5.41) is 11.8. The summed E-state index contributed by atoms with van der Waals surface area (Å²) in [7, 11) is 1.65. The number of aliphatic hydroxyl groups excluding tert-OH is 1. The Kier molecular flexibility index (Phi) is 4.30. The number of aromatic nitrogens is 1. The summed E-state index contributed by atoms with van der Waals surface area (Å²) in [6, 6.07) is 7.52. The van der Waals surface area contributed by atoms with Crippen LogP contribution in [0.25, 0.3) is 11.3 Å². The van der Waals surface area contributed by atoms with Crippen molar-refractivity contribution in [3.8, 4) is 17.0 Å². The lowest BCUT2D eigenvalue weighted by Crippen LogP contribution is -2.26. The first-order chi connectivity index (χ1) is 8.74. The third-order valence-electron chi connectivity index (χ3n) is 2.61. The third kappa shape index (κ3) is 2.87. The predicted molar refractivity (Wildman–Crippen MR) is 72.9 cm³/mol. The first-order valence-corrected chi connectivity index (χ1v) is 6.56. The molecule has 3 N–H and O–H groups in total. The van der Waals surface area contributed by atoms with Gasteiger partial charge >= 0.3 is 0 Å². The summed E-state index contributed by atoms with van der Waals surface area (Å²) < 4.78 is 5.31. The molecule has 1 atom stereocenters. The minimum absolute atomic E-state index is 0.0242. The fourth-order valence-corrected chi connectivity index (χ4v) is 2.56. The number of nitrogens with two attached hydrogens (primary N) is 1. The second-order valence-electron chi connectivity index (χ2n) is 3.97. The molecule has 0 fully saturated rings. The van der Waals surface area contributed by atoms with Gasteiger partial charge in [0.25, 0.3) is 0 Å². The van der Waals surface area contributed by atoms with Crippen molar-refractivity contribution in [1.82, 2.24) is 4.98 Å². The number of aliphatic hydroxyl groups is 1. The lowest BCUT2D eigenvalue weighted by atomic mass is 10.1. The Hall–Kier alpha value is -1.43. The molecule has 18 heavy (non-hydrogen) atoms. The highest BCUT2D eigenvalue weighted by Gasteiger charge is 2.11. The van der Waals surface area contributed by atoms with E-state index in [0.29, 0.717) is 6.42 Å². The van der Waals surface area contributed by atoms with Gasteiger partial charge in [0.15, 0.2) is 0 Å². The Bertz CT molecular complexity index is 513. The molecule has 2 aromatic rings. The predicted octanol–water partition coefficient (Wildman–Crippen LogP) is 1.68. The molecule has 0 aliphatic rings. The van der Waals surface area contributed by atoms with Gasteiger partial charge in [-0.15, -0.1) is 11.3 Å². The summed E-state index contributed by atoms with van der Waals surface area (Å²) in [5.74, 6) is 0.806. The van der Waals surface area contributed by atoms with Crippen LogP contribution in [0.15, 0.2) is 29.6 Å². The number of para-hydroxylation sites is 1. The molecule has 2 rings (SSSR count). The average Bonchev–Trinajstić information content (AvgIpc) is 2.86. The van der Waals surface area contributed by atoms with Crippen molar-refractivity contribution in [1.29, 1.82) is 0 Å². The molecule has 0 amide bonds. The maximum Gasteiger partial charge on any atom is 0.128 e. The Balaban J connectivity index is 2.24. The SMILES string of the molecule is COc1ccccc1-c1csc(CC(N)CO)n1. The first kappa shape index (κ1) is 13.0. The second-order valence-corrected chi connectivity index (χ2v) is 4.92. The molecule has 1 unspecified atom stereocenters. The van der Waals surface area contributed by atoms with Crippen molar-refractivity contribution in [2.75, 3.05) is 13.7 Å². The van der Waals surface area contributed by atoms with Crippen molar-refractivity contribution in [3.05, 3.63) is 34.7 Å². The van der Waals surface area contributed by atoms with Gasteiger partial charge in [-0.05, 0) is 12.1 Å². The highest BCUT2D eigenvalue weighted by molar-refractivity contribution is 7.09. The first-order valence-electron chi connectivity index (χ1n) is 5.69. The molecular formula is C13H16N2O2S. The van der Waals surface area contributed by atoms with Gasteiger partial charge in [0, 0.05) is 23.4 Å². The van der Waals surface area contributed by atoms with E-state index in [1.165, 1.54) is 0 Å². The number of nitrogens with zero attached hydrogens (tertiary/aromatic N) is 1. The average molecular weight is 264 g/mol. The largest absolute Gasteiger partial charge is 0.496 e. The number of hydrogen-bond acceptors (Lipinski definition) is 5. The summed E-state index contributed by atoms with van der Waals surface area (Å²) in [4.78, 5) is 4.52. The second kappa shape index (κ2) is 5.95. The number of rotatable bonds is 5. The Labute approximate surface area is 110 Å². The summed E-state index contributed by atoms with van der Waals surface area (Å²) >= 11 is 1.55. The fraction of sp³-hybridized carbons (Fsp3) is 0.308. The molecule has 0 aliphatic heterocycles. The molecule has 0 bridgehead atoms. The third-order valence-corrected chi connectivity index (χ3v) is 3.48. The van der Waals surface area contributed by atoms with E-state index in [2.05, 4.69) is 4.98 Å². The van der Waals surface area contributed by atoms with Gasteiger partial charge in [-0.25, -0.2) is 4.98 Å². The summed E-state index contributed by atoms with van der Waals surface area (Å²) in [6.45, 7) is -0.0242.